The van der Waals surface area contributed by atoms with E-state index in [1.165, 1.54) is 0 Å². The van der Waals surface area contributed by atoms with Crippen molar-refractivity contribution in [1.29, 1.82) is 0 Å². The molecule has 1 amide bonds. The average Bonchev–Trinajstić information content (AvgIpc) is 2.54. The van der Waals surface area contributed by atoms with Gasteiger partial charge in [0.25, 0.3) is 0 Å². The first-order valence-electron chi connectivity index (χ1n) is 5.91. The molecule has 0 aromatic heterocycles. The lowest BCUT2D eigenvalue weighted by atomic mass is 9.95. The number of alkyl halides is 1. The van der Waals surface area contributed by atoms with Crippen molar-refractivity contribution in [1.82, 2.24) is 5.32 Å². The number of nitrogens with one attached hydrogen (secondary N) is 1. The summed E-state index contributed by atoms with van der Waals surface area (Å²) in [5.41, 5.74) is 0.182. The summed E-state index contributed by atoms with van der Waals surface area (Å²) in [4.78, 5) is 11.9. The minimum atomic E-state index is -0.468. The molecule has 0 heterocycles. The summed E-state index contributed by atoms with van der Waals surface area (Å²) >= 11 is 5.77. The molecule has 1 fully saturated rings. The van der Waals surface area contributed by atoms with Crippen molar-refractivity contribution in [2.75, 3.05) is 12.4 Å². The Kier molecular flexibility index (Phi) is 3.37. The van der Waals surface area contributed by atoms with Crippen molar-refractivity contribution in [3.8, 4) is 0 Å². The zero-order valence-corrected chi connectivity index (χ0v) is 12.0. The van der Waals surface area contributed by atoms with Gasteiger partial charge in [0.1, 0.15) is 0 Å². The third kappa shape index (κ3) is 2.09. The second-order valence-corrected chi connectivity index (χ2v) is 6.99. The SMILES string of the molecule is CC(C)(CCl)C(=O)NCC1C(C)(C)C1(C)C. The molecule has 1 aliphatic carbocycles. The quantitative estimate of drug-likeness (QED) is 0.758. The van der Waals surface area contributed by atoms with Crippen LogP contribution in [0.3, 0.4) is 0 Å². The standard InChI is InChI=1S/C13H24ClNO/c1-11(2,8-14)10(16)15-7-9-12(3,4)13(9,5)6/h9H,7-8H2,1-6H3,(H,15,16). The van der Waals surface area contributed by atoms with E-state index in [4.69, 9.17) is 11.6 Å². The number of halogens is 1. The van der Waals surface area contributed by atoms with Crippen LogP contribution in [0.4, 0.5) is 0 Å². The first-order chi connectivity index (χ1) is 7.07. The first kappa shape index (κ1) is 13.8. The normalized spacial score (nSPS) is 22.9. The van der Waals surface area contributed by atoms with E-state index in [0.717, 1.165) is 6.54 Å². The van der Waals surface area contributed by atoms with Crippen LogP contribution < -0.4 is 5.32 Å². The molecular weight excluding hydrogens is 222 g/mol. The van der Waals surface area contributed by atoms with Gasteiger partial charge in [-0.2, -0.15) is 0 Å². The maximum absolute atomic E-state index is 11.9. The minimum absolute atomic E-state index is 0.0565. The number of carbonyl (C=O) groups is 1. The number of carbonyl (C=O) groups excluding carboxylic acids is 1. The molecular formula is C13H24ClNO. The summed E-state index contributed by atoms with van der Waals surface area (Å²) in [5.74, 6) is 0.979. The first-order valence-corrected chi connectivity index (χ1v) is 6.45. The molecule has 1 N–H and O–H groups in total. The molecule has 1 saturated carbocycles. The number of amides is 1. The van der Waals surface area contributed by atoms with Gasteiger partial charge < -0.3 is 5.32 Å². The summed E-state index contributed by atoms with van der Waals surface area (Å²) in [5, 5.41) is 3.02. The van der Waals surface area contributed by atoms with Crippen molar-refractivity contribution < 1.29 is 4.79 Å². The van der Waals surface area contributed by atoms with Gasteiger partial charge in [-0.05, 0) is 30.6 Å². The summed E-state index contributed by atoms with van der Waals surface area (Å²) in [6.45, 7) is 13.6. The lowest BCUT2D eigenvalue weighted by Gasteiger charge is -2.20. The Balaban J connectivity index is 2.47. The van der Waals surface area contributed by atoms with E-state index in [-0.39, 0.29) is 5.91 Å². The molecule has 0 aliphatic heterocycles. The van der Waals surface area contributed by atoms with Gasteiger partial charge in [-0.1, -0.05) is 27.7 Å². The molecule has 2 nitrogen and oxygen atoms in total. The molecule has 0 saturated heterocycles. The lowest BCUT2D eigenvalue weighted by molar-refractivity contribution is -0.128. The third-order valence-corrected chi connectivity index (χ3v) is 5.40. The predicted molar refractivity (Wildman–Crippen MR) is 68.6 cm³/mol. The van der Waals surface area contributed by atoms with Gasteiger partial charge in [0.05, 0.1) is 5.41 Å². The Morgan fingerprint density at radius 3 is 2.00 bits per heavy atom. The number of hydrogen-bond acceptors (Lipinski definition) is 1. The van der Waals surface area contributed by atoms with E-state index >= 15 is 0 Å². The van der Waals surface area contributed by atoms with E-state index < -0.39 is 5.41 Å². The molecule has 3 heteroatoms. The Morgan fingerprint density at radius 1 is 1.25 bits per heavy atom. The predicted octanol–water partition coefficient (Wildman–Crippen LogP) is 3.05. The van der Waals surface area contributed by atoms with Crippen molar-refractivity contribution >= 4 is 17.5 Å². The second kappa shape index (κ2) is 3.90. The van der Waals surface area contributed by atoms with Crippen LogP contribution in [0.1, 0.15) is 41.5 Å². The van der Waals surface area contributed by atoms with E-state index in [9.17, 15) is 4.79 Å². The zero-order chi connectivity index (χ0) is 12.8. The molecule has 16 heavy (non-hydrogen) atoms. The van der Waals surface area contributed by atoms with Crippen LogP contribution in [-0.2, 0) is 4.79 Å². The topological polar surface area (TPSA) is 29.1 Å². The van der Waals surface area contributed by atoms with Gasteiger partial charge in [-0.15, -0.1) is 11.6 Å². The van der Waals surface area contributed by atoms with Crippen molar-refractivity contribution in [2.45, 2.75) is 41.5 Å². The molecule has 1 rings (SSSR count). The number of hydrogen-bond donors (Lipinski definition) is 1. The third-order valence-electron chi connectivity index (χ3n) is 4.74. The highest BCUT2D eigenvalue weighted by Gasteiger charge is 2.64. The van der Waals surface area contributed by atoms with Gasteiger partial charge >= 0.3 is 0 Å². The van der Waals surface area contributed by atoms with Gasteiger partial charge in [0.15, 0.2) is 0 Å². The largest absolute Gasteiger partial charge is 0.355 e. The number of rotatable bonds is 4. The zero-order valence-electron chi connectivity index (χ0n) is 11.3. The van der Waals surface area contributed by atoms with E-state index in [0.29, 0.717) is 22.6 Å². The maximum Gasteiger partial charge on any atom is 0.226 e. The Morgan fingerprint density at radius 2 is 1.69 bits per heavy atom. The second-order valence-electron chi connectivity index (χ2n) is 6.72. The molecule has 0 unspecified atom stereocenters. The Labute approximate surface area is 104 Å². The molecule has 1 aliphatic rings. The van der Waals surface area contributed by atoms with Crippen molar-refractivity contribution in [2.24, 2.45) is 22.2 Å². The van der Waals surface area contributed by atoms with Gasteiger partial charge in [0, 0.05) is 12.4 Å². The molecule has 94 valence electrons. The highest BCUT2D eigenvalue weighted by molar-refractivity contribution is 6.19. The monoisotopic (exact) mass is 245 g/mol. The molecule has 0 aromatic carbocycles. The smallest absolute Gasteiger partial charge is 0.226 e. The average molecular weight is 246 g/mol. The van der Waals surface area contributed by atoms with Gasteiger partial charge in [-0.3, -0.25) is 4.79 Å². The minimum Gasteiger partial charge on any atom is -0.355 e. The van der Waals surface area contributed by atoms with E-state index in [1.54, 1.807) is 0 Å². The Hall–Kier alpha value is -0.240. The Bertz CT molecular complexity index is 280. The molecule has 0 radical (unpaired) electrons. The summed E-state index contributed by atoms with van der Waals surface area (Å²) in [6, 6.07) is 0. The molecule has 0 spiro atoms. The fraction of sp³-hybridized carbons (Fsp3) is 0.923. The highest BCUT2D eigenvalue weighted by atomic mass is 35.5. The van der Waals surface area contributed by atoms with Gasteiger partial charge in [0.2, 0.25) is 5.91 Å². The van der Waals surface area contributed by atoms with Crippen LogP contribution in [0.2, 0.25) is 0 Å². The van der Waals surface area contributed by atoms with Crippen LogP contribution in [0.15, 0.2) is 0 Å². The fourth-order valence-electron chi connectivity index (χ4n) is 2.34. The molecule has 0 bridgehead atoms. The van der Waals surface area contributed by atoms with Crippen LogP contribution in [0.25, 0.3) is 0 Å². The van der Waals surface area contributed by atoms with Crippen molar-refractivity contribution in [3.05, 3.63) is 0 Å². The van der Waals surface area contributed by atoms with Crippen LogP contribution in [0.5, 0.6) is 0 Å². The summed E-state index contributed by atoms with van der Waals surface area (Å²) in [6.07, 6.45) is 0. The van der Waals surface area contributed by atoms with Crippen LogP contribution in [0, 0.1) is 22.2 Å². The van der Waals surface area contributed by atoms with Crippen LogP contribution >= 0.6 is 11.6 Å². The van der Waals surface area contributed by atoms with E-state index in [1.807, 2.05) is 13.8 Å². The fourth-order valence-corrected chi connectivity index (χ4v) is 2.46. The highest BCUT2D eigenvalue weighted by Crippen LogP contribution is 2.67. The summed E-state index contributed by atoms with van der Waals surface area (Å²) in [7, 11) is 0. The molecule has 0 aromatic rings. The van der Waals surface area contributed by atoms with Crippen LogP contribution in [-0.4, -0.2) is 18.3 Å². The van der Waals surface area contributed by atoms with E-state index in [2.05, 4.69) is 33.0 Å². The maximum atomic E-state index is 11.9. The summed E-state index contributed by atoms with van der Waals surface area (Å²) < 4.78 is 0. The molecule has 0 atom stereocenters. The lowest BCUT2D eigenvalue weighted by Crippen LogP contribution is -2.39. The van der Waals surface area contributed by atoms with Gasteiger partial charge in [-0.25, -0.2) is 0 Å². The van der Waals surface area contributed by atoms with Crippen molar-refractivity contribution in [3.63, 3.8) is 0 Å².